The van der Waals surface area contributed by atoms with Gasteiger partial charge in [0, 0.05) is 15.6 Å². The molecule has 0 atom stereocenters. The van der Waals surface area contributed by atoms with Crippen LogP contribution < -0.4 is 0 Å². The van der Waals surface area contributed by atoms with Crippen LogP contribution in [-0.2, 0) is 0 Å². The Kier molecular flexibility index (Phi) is 5.19. The molecule has 2 aromatic carbocycles. The zero-order chi connectivity index (χ0) is 17.3. The Morgan fingerprint density at radius 1 is 1.29 bits per heavy atom. The second kappa shape index (κ2) is 7.18. The number of rotatable bonds is 3. The summed E-state index contributed by atoms with van der Waals surface area (Å²) in [6.45, 7) is 0. The molecule has 0 aliphatic rings. The summed E-state index contributed by atoms with van der Waals surface area (Å²) in [6, 6.07) is 10.8. The number of aromatic hydroxyl groups is 1. The van der Waals surface area contributed by atoms with Gasteiger partial charge < -0.3 is 5.11 Å². The Balaban J connectivity index is 2.08. The van der Waals surface area contributed by atoms with Gasteiger partial charge in [-0.15, -0.1) is 0 Å². The SMILES string of the molecule is Oc1c(Br)cc(Br)cc1/C=N/n1c(-c2ccccc2Cl)n[nH]c1=S. The third kappa shape index (κ3) is 3.46. The number of phenols is 1. The van der Waals surface area contributed by atoms with E-state index in [1.165, 1.54) is 10.9 Å². The summed E-state index contributed by atoms with van der Waals surface area (Å²) < 4.78 is 3.12. The Labute approximate surface area is 164 Å². The molecule has 122 valence electrons. The molecular formula is C15H9Br2ClN4OS. The quantitative estimate of drug-likeness (QED) is 0.385. The van der Waals surface area contributed by atoms with Gasteiger partial charge in [0.15, 0.2) is 5.82 Å². The van der Waals surface area contributed by atoms with Gasteiger partial charge in [-0.2, -0.15) is 14.9 Å². The summed E-state index contributed by atoms with van der Waals surface area (Å²) in [5, 5.41) is 21.9. The number of nitrogens with zero attached hydrogens (tertiary/aromatic N) is 3. The van der Waals surface area contributed by atoms with Crippen LogP contribution in [0.15, 0.2) is 50.4 Å². The molecule has 1 aromatic heterocycles. The minimum Gasteiger partial charge on any atom is -0.506 e. The van der Waals surface area contributed by atoms with Crippen molar-refractivity contribution in [1.29, 1.82) is 0 Å². The molecule has 3 aromatic rings. The van der Waals surface area contributed by atoms with Crippen LogP contribution in [0.4, 0.5) is 0 Å². The van der Waals surface area contributed by atoms with E-state index in [1.54, 1.807) is 18.2 Å². The molecule has 0 bridgehead atoms. The van der Waals surface area contributed by atoms with Gasteiger partial charge in [0.1, 0.15) is 5.75 Å². The highest BCUT2D eigenvalue weighted by molar-refractivity contribution is 9.11. The molecule has 9 heteroatoms. The van der Waals surface area contributed by atoms with Crippen LogP contribution in [-0.4, -0.2) is 26.2 Å². The van der Waals surface area contributed by atoms with E-state index in [9.17, 15) is 5.11 Å². The largest absolute Gasteiger partial charge is 0.506 e. The van der Waals surface area contributed by atoms with Crippen molar-refractivity contribution >= 4 is 61.9 Å². The number of phenolic OH excluding ortho intramolecular Hbond substituents is 1. The van der Waals surface area contributed by atoms with Gasteiger partial charge in [-0.1, -0.05) is 39.7 Å². The maximum absolute atomic E-state index is 10.1. The van der Waals surface area contributed by atoms with E-state index in [2.05, 4.69) is 47.2 Å². The molecule has 0 saturated carbocycles. The molecule has 0 aliphatic heterocycles. The van der Waals surface area contributed by atoms with Crippen molar-refractivity contribution in [2.75, 3.05) is 0 Å². The summed E-state index contributed by atoms with van der Waals surface area (Å²) in [4.78, 5) is 0. The normalized spacial score (nSPS) is 11.3. The van der Waals surface area contributed by atoms with E-state index < -0.39 is 0 Å². The first kappa shape index (κ1) is 17.3. The van der Waals surface area contributed by atoms with Crippen molar-refractivity contribution in [2.24, 2.45) is 5.10 Å². The van der Waals surface area contributed by atoms with Crippen molar-refractivity contribution in [3.8, 4) is 17.1 Å². The number of hydrogen-bond donors (Lipinski definition) is 2. The number of benzene rings is 2. The average Bonchev–Trinajstić information content (AvgIpc) is 2.90. The molecule has 0 spiro atoms. The standard InChI is InChI=1S/C15H9Br2ClN4OS/c16-9-5-8(13(23)11(17)6-9)7-19-22-14(20-21-15(22)24)10-3-1-2-4-12(10)18/h1-7,23H,(H,21,24)/b19-7+. The van der Waals surface area contributed by atoms with E-state index in [0.717, 1.165) is 4.47 Å². The average molecular weight is 489 g/mol. The number of nitrogens with one attached hydrogen (secondary N) is 1. The predicted molar refractivity (Wildman–Crippen MR) is 104 cm³/mol. The van der Waals surface area contributed by atoms with E-state index in [-0.39, 0.29) is 5.75 Å². The van der Waals surface area contributed by atoms with Gasteiger partial charge in [-0.05, 0) is 52.4 Å². The molecule has 0 saturated heterocycles. The smallest absolute Gasteiger partial charge is 0.216 e. The number of hydrogen-bond acceptors (Lipinski definition) is 4. The highest BCUT2D eigenvalue weighted by atomic mass is 79.9. The summed E-state index contributed by atoms with van der Waals surface area (Å²) in [5.41, 5.74) is 1.22. The number of aromatic nitrogens is 3. The highest BCUT2D eigenvalue weighted by Crippen LogP contribution is 2.31. The fourth-order valence-electron chi connectivity index (χ4n) is 2.02. The minimum atomic E-state index is 0.0799. The lowest BCUT2D eigenvalue weighted by molar-refractivity contribution is 0.471. The van der Waals surface area contributed by atoms with Gasteiger partial charge in [0.05, 0.1) is 15.7 Å². The first-order chi connectivity index (χ1) is 11.5. The summed E-state index contributed by atoms with van der Waals surface area (Å²) in [6.07, 6.45) is 1.50. The maximum Gasteiger partial charge on any atom is 0.216 e. The molecule has 2 N–H and O–H groups in total. The van der Waals surface area contributed by atoms with Crippen molar-refractivity contribution < 1.29 is 5.11 Å². The first-order valence-corrected chi connectivity index (χ1v) is 8.99. The van der Waals surface area contributed by atoms with Crippen LogP contribution in [0.1, 0.15) is 5.56 Å². The predicted octanol–water partition coefficient (Wildman–Crippen LogP) is 5.37. The number of halogens is 3. The summed E-state index contributed by atoms with van der Waals surface area (Å²) in [7, 11) is 0. The van der Waals surface area contributed by atoms with E-state index >= 15 is 0 Å². The van der Waals surface area contributed by atoms with Crippen LogP contribution in [0.5, 0.6) is 5.75 Å². The Morgan fingerprint density at radius 2 is 2.04 bits per heavy atom. The molecule has 5 nitrogen and oxygen atoms in total. The van der Waals surface area contributed by atoms with Crippen molar-refractivity contribution in [1.82, 2.24) is 14.9 Å². The monoisotopic (exact) mass is 486 g/mol. The lowest BCUT2D eigenvalue weighted by atomic mass is 10.2. The lowest BCUT2D eigenvalue weighted by Gasteiger charge is -2.05. The van der Waals surface area contributed by atoms with Crippen LogP contribution in [0, 0.1) is 4.77 Å². The zero-order valence-corrected chi connectivity index (χ0v) is 16.6. The fourth-order valence-corrected chi connectivity index (χ4v) is 3.68. The van der Waals surface area contributed by atoms with Crippen molar-refractivity contribution in [3.63, 3.8) is 0 Å². The van der Waals surface area contributed by atoms with Crippen molar-refractivity contribution in [3.05, 3.63) is 60.7 Å². The molecule has 1 heterocycles. The zero-order valence-electron chi connectivity index (χ0n) is 11.9. The summed E-state index contributed by atoms with van der Waals surface area (Å²) >= 11 is 18.1. The number of aromatic amines is 1. The maximum atomic E-state index is 10.1. The molecule has 0 aliphatic carbocycles. The van der Waals surface area contributed by atoms with Crippen LogP contribution in [0.3, 0.4) is 0 Å². The van der Waals surface area contributed by atoms with Gasteiger partial charge in [0.25, 0.3) is 0 Å². The van der Waals surface area contributed by atoms with Gasteiger partial charge in [0.2, 0.25) is 4.77 Å². The Morgan fingerprint density at radius 3 is 2.79 bits per heavy atom. The molecule has 0 amide bonds. The van der Waals surface area contributed by atoms with Crippen LogP contribution in [0.25, 0.3) is 11.4 Å². The first-order valence-electron chi connectivity index (χ1n) is 6.62. The minimum absolute atomic E-state index is 0.0799. The third-order valence-corrected chi connectivity index (χ3v) is 4.79. The van der Waals surface area contributed by atoms with Gasteiger partial charge in [-0.25, -0.2) is 5.10 Å². The molecule has 0 fully saturated rings. The highest BCUT2D eigenvalue weighted by Gasteiger charge is 2.12. The van der Waals surface area contributed by atoms with Crippen LogP contribution in [0.2, 0.25) is 5.02 Å². The molecular weight excluding hydrogens is 480 g/mol. The molecule has 0 unspecified atom stereocenters. The van der Waals surface area contributed by atoms with E-state index in [0.29, 0.717) is 31.2 Å². The van der Waals surface area contributed by atoms with Crippen LogP contribution >= 0.6 is 55.7 Å². The molecule has 3 rings (SSSR count). The topological polar surface area (TPSA) is 66.2 Å². The van der Waals surface area contributed by atoms with Gasteiger partial charge >= 0.3 is 0 Å². The van der Waals surface area contributed by atoms with Crippen molar-refractivity contribution in [2.45, 2.75) is 0 Å². The van der Waals surface area contributed by atoms with E-state index in [4.69, 9.17) is 23.8 Å². The Hall–Kier alpha value is -1.48. The molecule has 24 heavy (non-hydrogen) atoms. The summed E-state index contributed by atoms with van der Waals surface area (Å²) in [5.74, 6) is 0.562. The lowest BCUT2D eigenvalue weighted by Crippen LogP contribution is -1.96. The fraction of sp³-hybridized carbons (Fsp3) is 0. The third-order valence-electron chi connectivity index (χ3n) is 3.14. The molecule has 0 radical (unpaired) electrons. The number of H-pyrrole nitrogens is 1. The Bertz CT molecular complexity index is 999. The second-order valence-corrected chi connectivity index (χ2v) is 7.28. The second-order valence-electron chi connectivity index (χ2n) is 4.71. The van der Waals surface area contributed by atoms with E-state index in [1.807, 2.05) is 18.2 Å². The van der Waals surface area contributed by atoms with Gasteiger partial charge in [-0.3, -0.25) is 0 Å².